The first-order valence-corrected chi connectivity index (χ1v) is 5.74. The van der Waals surface area contributed by atoms with Gasteiger partial charge in [0.05, 0.1) is 6.10 Å². The van der Waals surface area contributed by atoms with Crippen LogP contribution in [0.4, 0.5) is 8.78 Å². The summed E-state index contributed by atoms with van der Waals surface area (Å²) in [5.41, 5.74) is 2.23. The Morgan fingerprint density at radius 3 is 2.33 bits per heavy atom. The maximum atomic E-state index is 13.0. The zero-order valence-corrected chi connectivity index (χ0v) is 10.0. The van der Waals surface area contributed by atoms with Gasteiger partial charge in [0.15, 0.2) is 0 Å². The molecular formula is C15H14F2O. The second kappa shape index (κ2) is 5.27. The Labute approximate surface area is 105 Å². The van der Waals surface area contributed by atoms with Gasteiger partial charge in [-0.15, -0.1) is 0 Å². The molecule has 0 heterocycles. The highest BCUT2D eigenvalue weighted by atomic mass is 19.1. The summed E-state index contributed by atoms with van der Waals surface area (Å²) in [7, 11) is 0. The first kappa shape index (κ1) is 12.7. The quantitative estimate of drug-likeness (QED) is 0.880. The molecule has 18 heavy (non-hydrogen) atoms. The van der Waals surface area contributed by atoms with Gasteiger partial charge >= 0.3 is 0 Å². The molecule has 0 aromatic heterocycles. The molecule has 3 heteroatoms. The fraction of sp³-hybridized carbons (Fsp3) is 0.200. The highest BCUT2D eigenvalue weighted by Gasteiger charge is 2.10. The van der Waals surface area contributed by atoms with Crippen LogP contribution in [0.15, 0.2) is 42.5 Å². The number of hydrogen-bond donors (Lipinski definition) is 1. The monoisotopic (exact) mass is 248 g/mol. The first-order valence-electron chi connectivity index (χ1n) is 5.74. The lowest BCUT2D eigenvalue weighted by Gasteiger charge is -2.12. The van der Waals surface area contributed by atoms with E-state index in [1.165, 1.54) is 12.1 Å². The predicted octanol–water partition coefficient (Wildman–Crippen LogP) is 3.55. The number of aliphatic hydroxyl groups excluding tert-OH is 1. The molecule has 1 unspecified atom stereocenters. The number of halogens is 2. The van der Waals surface area contributed by atoms with E-state index in [2.05, 4.69) is 0 Å². The van der Waals surface area contributed by atoms with Gasteiger partial charge < -0.3 is 5.11 Å². The highest BCUT2D eigenvalue weighted by Crippen LogP contribution is 2.20. The van der Waals surface area contributed by atoms with Crippen molar-refractivity contribution in [3.8, 4) is 0 Å². The molecule has 0 radical (unpaired) electrons. The Bertz CT molecular complexity index is 532. The normalized spacial score (nSPS) is 12.4. The summed E-state index contributed by atoms with van der Waals surface area (Å²) in [6, 6.07) is 10.7. The standard InChI is InChI=1S/C15H14F2O/c1-10-3-2-4-12(5-10)15(18)8-11-6-13(16)9-14(17)7-11/h2-7,9,15,18H,8H2,1H3. The second-order valence-electron chi connectivity index (χ2n) is 4.41. The largest absolute Gasteiger partial charge is 0.388 e. The number of aryl methyl sites for hydroxylation is 1. The van der Waals surface area contributed by atoms with Crippen LogP contribution in [0.5, 0.6) is 0 Å². The molecule has 0 saturated heterocycles. The molecular weight excluding hydrogens is 234 g/mol. The highest BCUT2D eigenvalue weighted by molar-refractivity contribution is 5.26. The number of benzene rings is 2. The topological polar surface area (TPSA) is 20.2 Å². The number of hydrogen-bond acceptors (Lipinski definition) is 1. The van der Waals surface area contributed by atoms with E-state index in [1.54, 1.807) is 6.07 Å². The predicted molar refractivity (Wildman–Crippen MR) is 66.2 cm³/mol. The van der Waals surface area contributed by atoms with Crippen molar-refractivity contribution >= 4 is 0 Å². The summed E-state index contributed by atoms with van der Waals surface area (Å²) in [5, 5.41) is 10.0. The van der Waals surface area contributed by atoms with E-state index in [0.717, 1.165) is 17.2 Å². The van der Waals surface area contributed by atoms with Crippen LogP contribution in [0, 0.1) is 18.6 Å². The van der Waals surface area contributed by atoms with E-state index in [0.29, 0.717) is 5.56 Å². The molecule has 0 amide bonds. The maximum absolute atomic E-state index is 13.0. The van der Waals surface area contributed by atoms with Crippen molar-refractivity contribution in [2.45, 2.75) is 19.4 Å². The van der Waals surface area contributed by atoms with Gasteiger partial charge in [0.25, 0.3) is 0 Å². The summed E-state index contributed by atoms with van der Waals surface area (Å²) in [4.78, 5) is 0. The maximum Gasteiger partial charge on any atom is 0.126 e. The molecule has 1 atom stereocenters. The Morgan fingerprint density at radius 2 is 1.72 bits per heavy atom. The summed E-state index contributed by atoms with van der Waals surface area (Å²) >= 11 is 0. The zero-order valence-electron chi connectivity index (χ0n) is 10.0. The van der Waals surface area contributed by atoms with Gasteiger partial charge in [0.1, 0.15) is 11.6 Å². The fourth-order valence-corrected chi connectivity index (χ4v) is 1.95. The summed E-state index contributed by atoms with van der Waals surface area (Å²) < 4.78 is 26.0. The Balaban J connectivity index is 2.18. The van der Waals surface area contributed by atoms with Crippen molar-refractivity contribution in [1.82, 2.24) is 0 Å². The van der Waals surface area contributed by atoms with E-state index in [4.69, 9.17) is 0 Å². The molecule has 0 aliphatic rings. The lowest BCUT2D eigenvalue weighted by Crippen LogP contribution is -2.02. The van der Waals surface area contributed by atoms with E-state index in [-0.39, 0.29) is 6.42 Å². The van der Waals surface area contributed by atoms with Crippen LogP contribution in [0.3, 0.4) is 0 Å². The van der Waals surface area contributed by atoms with Crippen molar-refractivity contribution in [3.05, 3.63) is 70.8 Å². The first-order chi connectivity index (χ1) is 8.54. The minimum Gasteiger partial charge on any atom is -0.388 e. The summed E-state index contributed by atoms with van der Waals surface area (Å²) in [5.74, 6) is -1.25. The van der Waals surface area contributed by atoms with Crippen molar-refractivity contribution in [2.75, 3.05) is 0 Å². The van der Waals surface area contributed by atoms with Gasteiger partial charge in [-0.3, -0.25) is 0 Å². The number of aliphatic hydroxyl groups is 1. The van der Waals surface area contributed by atoms with Gasteiger partial charge in [0, 0.05) is 12.5 Å². The average Bonchev–Trinajstić information content (AvgIpc) is 2.27. The van der Waals surface area contributed by atoms with Crippen molar-refractivity contribution in [3.63, 3.8) is 0 Å². The van der Waals surface area contributed by atoms with E-state index in [9.17, 15) is 13.9 Å². The molecule has 0 aliphatic heterocycles. The van der Waals surface area contributed by atoms with Crippen molar-refractivity contribution in [1.29, 1.82) is 0 Å². The third-order valence-electron chi connectivity index (χ3n) is 2.78. The molecule has 0 aliphatic carbocycles. The lowest BCUT2D eigenvalue weighted by molar-refractivity contribution is 0.178. The van der Waals surface area contributed by atoms with Gasteiger partial charge in [-0.25, -0.2) is 8.78 Å². The van der Waals surface area contributed by atoms with E-state index < -0.39 is 17.7 Å². The van der Waals surface area contributed by atoms with Crippen LogP contribution in [0.1, 0.15) is 22.8 Å². The summed E-state index contributed by atoms with van der Waals surface area (Å²) in [6.07, 6.45) is -0.566. The van der Waals surface area contributed by atoms with Gasteiger partial charge in [0.2, 0.25) is 0 Å². The zero-order chi connectivity index (χ0) is 13.1. The molecule has 0 bridgehead atoms. The summed E-state index contributed by atoms with van der Waals surface area (Å²) in [6.45, 7) is 1.93. The van der Waals surface area contributed by atoms with Gasteiger partial charge in [-0.1, -0.05) is 29.8 Å². The SMILES string of the molecule is Cc1cccc(C(O)Cc2cc(F)cc(F)c2)c1. The van der Waals surface area contributed by atoms with Crippen molar-refractivity contribution < 1.29 is 13.9 Å². The average molecular weight is 248 g/mol. The van der Waals surface area contributed by atoms with Crippen LogP contribution in [-0.2, 0) is 6.42 Å². The van der Waals surface area contributed by atoms with Crippen LogP contribution in [0.2, 0.25) is 0 Å². The Kier molecular flexibility index (Phi) is 3.72. The molecule has 2 aromatic carbocycles. The van der Waals surface area contributed by atoms with E-state index >= 15 is 0 Å². The Morgan fingerprint density at radius 1 is 1.06 bits per heavy atom. The second-order valence-corrected chi connectivity index (χ2v) is 4.41. The molecule has 2 aromatic rings. The lowest BCUT2D eigenvalue weighted by atomic mass is 10.00. The third kappa shape index (κ3) is 3.14. The molecule has 1 N–H and O–H groups in total. The van der Waals surface area contributed by atoms with Crippen molar-refractivity contribution in [2.24, 2.45) is 0 Å². The third-order valence-corrected chi connectivity index (χ3v) is 2.78. The molecule has 1 nitrogen and oxygen atoms in total. The molecule has 0 spiro atoms. The van der Waals surface area contributed by atoms with Gasteiger partial charge in [-0.2, -0.15) is 0 Å². The molecule has 0 fully saturated rings. The smallest absolute Gasteiger partial charge is 0.126 e. The molecule has 2 rings (SSSR count). The molecule has 0 saturated carbocycles. The number of rotatable bonds is 3. The Hall–Kier alpha value is -1.74. The van der Waals surface area contributed by atoms with Crippen LogP contribution in [0.25, 0.3) is 0 Å². The minimum absolute atomic E-state index is 0.193. The van der Waals surface area contributed by atoms with E-state index in [1.807, 2.05) is 25.1 Å². The van der Waals surface area contributed by atoms with Crippen LogP contribution >= 0.6 is 0 Å². The van der Waals surface area contributed by atoms with Crippen LogP contribution < -0.4 is 0 Å². The minimum atomic E-state index is -0.758. The van der Waals surface area contributed by atoms with Crippen LogP contribution in [-0.4, -0.2) is 5.11 Å². The van der Waals surface area contributed by atoms with Gasteiger partial charge in [-0.05, 0) is 30.2 Å². The molecule has 94 valence electrons. The fourth-order valence-electron chi connectivity index (χ4n) is 1.95.